The van der Waals surface area contributed by atoms with Crippen molar-refractivity contribution < 1.29 is 18.7 Å². The summed E-state index contributed by atoms with van der Waals surface area (Å²) in [5.74, 6) is -0.496. The van der Waals surface area contributed by atoms with Crippen LogP contribution < -0.4 is 14.9 Å². The lowest BCUT2D eigenvalue weighted by molar-refractivity contribution is 0.0951. The maximum atomic E-state index is 13.8. The lowest BCUT2D eigenvalue weighted by Gasteiger charge is -2.10. The van der Waals surface area contributed by atoms with Crippen molar-refractivity contribution in [2.45, 2.75) is 0 Å². The molecular formula is C17H13BrFN3O3. The summed E-state index contributed by atoms with van der Waals surface area (Å²) < 4.78 is 24.8. The summed E-state index contributed by atoms with van der Waals surface area (Å²) in [6.07, 6.45) is 1.38. The molecule has 0 spiro atoms. The van der Waals surface area contributed by atoms with Crippen molar-refractivity contribution >= 4 is 28.1 Å². The Morgan fingerprint density at radius 2 is 2.08 bits per heavy atom. The van der Waals surface area contributed by atoms with E-state index in [1.165, 1.54) is 32.6 Å². The fraction of sp³-hybridized carbons (Fsp3) is 0.118. The average Bonchev–Trinajstić information content (AvgIpc) is 2.60. The van der Waals surface area contributed by atoms with E-state index < -0.39 is 11.7 Å². The molecule has 1 amide bonds. The number of hydrazone groups is 1. The molecule has 0 aliphatic heterocycles. The molecule has 128 valence electrons. The van der Waals surface area contributed by atoms with Gasteiger partial charge >= 0.3 is 0 Å². The summed E-state index contributed by atoms with van der Waals surface area (Å²) in [5.41, 5.74) is 2.79. The van der Waals surface area contributed by atoms with E-state index in [4.69, 9.17) is 14.7 Å². The van der Waals surface area contributed by atoms with Crippen LogP contribution in [0.2, 0.25) is 0 Å². The van der Waals surface area contributed by atoms with Gasteiger partial charge in [0, 0.05) is 0 Å². The Bertz CT molecular complexity index is 878. The molecule has 0 saturated heterocycles. The molecule has 0 bridgehead atoms. The first-order valence-corrected chi connectivity index (χ1v) is 7.74. The minimum atomic E-state index is -0.791. The summed E-state index contributed by atoms with van der Waals surface area (Å²) in [4.78, 5) is 11.9. The van der Waals surface area contributed by atoms with Gasteiger partial charge in [0.2, 0.25) is 0 Å². The van der Waals surface area contributed by atoms with Gasteiger partial charge in [0.1, 0.15) is 5.82 Å². The maximum Gasteiger partial charge on any atom is 0.274 e. The van der Waals surface area contributed by atoms with Crippen LogP contribution in [-0.4, -0.2) is 26.3 Å². The fourth-order valence-electron chi connectivity index (χ4n) is 2.01. The average molecular weight is 406 g/mol. The second-order valence-electron chi connectivity index (χ2n) is 4.74. The molecule has 0 atom stereocenters. The van der Waals surface area contributed by atoms with Gasteiger partial charge in [-0.15, -0.1) is 0 Å². The third kappa shape index (κ3) is 4.33. The molecule has 0 fully saturated rings. The monoisotopic (exact) mass is 405 g/mol. The summed E-state index contributed by atoms with van der Waals surface area (Å²) in [5, 5.41) is 12.5. The van der Waals surface area contributed by atoms with Gasteiger partial charge in [-0.3, -0.25) is 4.79 Å². The van der Waals surface area contributed by atoms with Crippen molar-refractivity contribution in [3.63, 3.8) is 0 Å². The number of rotatable bonds is 5. The van der Waals surface area contributed by atoms with Crippen LogP contribution in [0.1, 0.15) is 21.5 Å². The molecular weight excluding hydrogens is 393 g/mol. The highest BCUT2D eigenvalue weighted by molar-refractivity contribution is 9.10. The fourth-order valence-corrected chi connectivity index (χ4v) is 2.63. The highest BCUT2D eigenvalue weighted by atomic mass is 79.9. The Kier molecular flexibility index (Phi) is 6.08. The number of amides is 1. The standard InChI is InChI=1S/C17H13BrFN3O3/c1-24-15-7-11(5-13(18)16(15)25-2)9-21-22-17(23)12-4-3-10(8-20)6-14(12)19/h3-7,9H,1-2H3,(H,22,23)/b21-9+. The highest BCUT2D eigenvalue weighted by Gasteiger charge is 2.12. The zero-order chi connectivity index (χ0) is 18.4. The molecule has 2 aromatic rings. The molecule has 0 aliphatic rings. The summed E-state index contributed by atoms with van der Waals surface area (Å²) >= 11 is 3.35. The molecule has 1 N–H and O–H groups in total. The first-order chi connectivity index (χ1) is 12.0. The number of hydrogen-bond acceptors (Lipinski definition) is 5. The summed E-state index contributed by atoms with van der Waals surface area (Å²) in [6.45, 7) is 0. The molecule has 0 saturated carbocycles. The van der Waals surface area contributed by atoms with E-state index >= 15 is 0 Å². The Morgan fingerprint density at radius 3 is 2.68 bits per heavy atom. The van der Waals surface area contributed by atoms with Crippen molar-refractivity contribution in [2.75, 3.05) is 14.2 Å². The van der Waals surface area contributed by atoms with Crippen LogP contribution in [0.15, 0.2) is 39.9 Å². The van der Waals surface area contributed by atoms with Crippen LogP contribution in [0.5, 0.6) is 11.5 Å². The van der Waals surface area contributed by atoms with Crippen molar-refractivity contribution in [1.82, 2.24) is 5.43 Å². The smallest absolute Gasteiger partial charge is 0.274 e. The van der Waals surface area contributed by atoms with Crippen molar-refractivity contribution in [1.29, 1.82) is 5.26 Å². The third-order valence-electron chi connectivity index (χ3n) is 3.18. The van der Waals surface area contributed by atoms with Crippen LogP contribution in [0.25, 0.3) is 0 Å². The lowest BCUT2D eigenvalue weighted by Crippen LogP contribution is -2.19. The summed E-state index contributed by atoms with van der Waals surface area (Å²) in [6, 6.07) is 8.76. The van der Waals surface area contributed by atoms with Crippen LogP contribution in [0, 0.1) is 17.1 Å². The molecule has 0 unspecified atom stereocenters. The number of carbonyl (C=O) groups excluding carboxylic acids is 1. The first kappa shape index (κ1) is 18.4. The molecule has 25 heavy (non-hydrogen) atoms. The van der Waals surface area contributed by atoms with Crippen molar-refractivity contribution in [2.24, 2.45) is 5.10 Å². The van der Waals surface area contributed by atoms with Crippen LogP contribution >= 0.6 is 15.9 Å². The van der Waals surface area contributed by atoms with Gasteiger partial charge in [-0.1, -0.05) is 0 Å². The number of nitriles is 1. The van der Waals surface area contributed by atoms with Gasteiger partial charge in [0.05, 0.1) is 42.1 Å². The van der Waals surface area contributed by atoms with E-state index in [2.05, 4.69) is 26.5 Å². The van der Waals surface area contributed by atoms with Crippen molar-refractivity contribution in [3.8, 4) is 17.6 Å². The molecule has 0 aliphatic carbocycles. The zero-order valence-corrected chi connectivity index (χ0v) is 14.9. The molecule has 0 radical (unpaired) electrons. The van der Waals surface area contributed by atoms with Gasteiger partial charge in [0.25, 0.3) is 5.91 Å². The lowest BCUT2D eigenvalue weighted by atomic mass is 10.1. The largest absolute Gasteiger partial charge is 0.493 e. The Balaban J connectivity index is 2.14. The van der Waals surface area contributed by atoms with Crippen molar-refractivity contribution in [3.05, 3.63) is 57.3 Å². The molecule has 0 aromatic heterocycles. The zero-order valence-electron chi connectivity index (χ0n) is 13.3. The Hall–Kier alpha value is -2.92. The van der Waals surface area contributed by atoms with Gasteiger partial charge in [-0.2, -0.15) is 10.4 Å². The van der Waals surface area contributed by atoms with E-state index in [-0.39, 0.29) is 11.1 Å². The summed E-state index contributed by atoms with van der Waals surface area (Å²) in [7, 11) is 3.02. The van der Waals surface area contributed by atoms with Gasteiger partial charge in [-0.05, 0) is 51.8 Å². The van der Waals surface area contributed by atoms with E-state index in [9.17, 15) is 9.18 Å². The number of ether oxygens (including phenoxy) is 2. The third-order valence-corrected chi connectivity index (χ3v) is 3.77. The predicted molar refractivity (Wildman–Crippen MR) is 93.4 cm³/mol. The van der Waals surface area contributed by atoms with Gasteiger partial charge in [-0.25, -0.2) is 9.82 Å². The molecule has 8 heteroatoms. The van der Waals surface area contributed by atoms with E-state index in [0.717, 1.165) is 6.07 Å². The minimum Gasteiger partial charge on any atom is -0.493 e. The highest BCUT2D eigenvalue weighted by Crippen LogP contribution is 2.35. The predicted octanol–water partition coefficient (Wildman–Crippen LogP) is 3.24. The second kappa shape index (κ2) is 8.26. The van der Waals surface area contributed by atoms with E-state index in [0.29, 0.717) is 21.5 Å². The topological polar surface area (TPSA) is 83.7 Å². The number of nitrogens with zero attached hydrogens (tertiary/aromatic N) is 2. The molecule has 0 heterocycles. The number of halogens is 2. The maximum absolute atomic E-state index is 13.8. The SMILES string of the molecule is COc1cc(/C=N/NC(=O)c2ccc(C#N)cc2F)cc(Br)c1OC. The quantitative estimate of drug-likeness (QED) is 0.611. The number of carbonyl (C=O) groups is 1. The number of hydrogen-bond donors (Lipinski definition) is 1. The number of methoxy groups -OCH3 is 2. The van der Waals surface area contributed by atoms with Gasteiger partial charge in [0.15, 0.2) is 11.5 Å². The molecule has 6 nitrogen and oxygen atoms in total. The van der Waals surface area contributed by atoms with Crippen LogP contribution in [0.4, 0.5) is 4.39 Å². The van der Waals surface area contributed by atoms with Crippen LogP contribution in [-0.2, 0) is 0 Å². The Labute approximate surface area is 152 Å². The second-order valence-corrected chi connectivity index (χ2v) is 5.60. The normalized spacial score (nSPS) is 10.4. The van der Waals surface area contributed by atoms with Crippen LogP contribution in [0.3, 0.4) is 0 Å². The molecule has 2 rings (SSSR count). The number of benzene rings is 2. The number of nitrogens with one attached hydrogen (secondary N) is 1. The van der Waals surface area contributed by atoms with E-state index in [1.54, 1.807) is 18.2 Å². The van der Waals surface area contributed by atoms with E-state index in [1.807, 2.05) is 0 Å². The molecule has 2 aromatic carbocycles. The van der Waals surface area contributed by atoms with Gasteiger partial charge < -0.3 is 9.47 Å². The Morgan fingerprint density at radius 1 is 1.32 bits per heavy atom. The first-order valence-electron chi connectivity index (χ1n) is 6.94. The minimum absolute atomic E-state index is 0.132.